The van der Waals surface area contributed by atoms with Crippen LogP contribution in [0.3, 0.4) is 0 Å². The number of nitrogens with one attached hydrogen (secondary N) is 1. The molecular formula is C9H8N2O4S. The Balaban J connectivity index is 2.68. The van der Waals surface area contributed by atoms with E-state index in [0.29, 0.717) is 5.69 Å². The van der Waals surface area contributed by atoms with E-state index in [0.717, 1.165) is 6.07 Å². The minimum atomic E-state index is -3.79. The second kappa shape index (κ2) is 3.31. The Morgan fingerprint density at radius 2 is 2.12 bits per heavy atom. The molecule has 0 atom stereocenters. The maximum Gasteiger partial charge on any atom is 0.335 e. The van der Waals surface area contributed by atoms with Crippen molar-refractivity contribution in [2.24, 2.45) is 4.40 Å². The zero-order valence-corrected chi connectivity index (χ0v) is 9.08. The third kappa shape index (κ3) is 1.65. The third-order valence-electron chi connectivity index (χ3n) is 2.08. The van der Waals surface area contributed by atoms with Gasteiger partial charge < -0.3 is 10.4 Å². The number of anilines is 1. The zero-order chi connectivity index (χ0) is 11.9. The Kier molecular flexibility index (Phi) is 2.20. The SMILES string of the molecule is CC1=NS(=O)(=O)c2cc(C(=O)O)ccc2N1. The second-order valence-corrected chi connectivity index (χ2v) is 4.87. The number of nitrogens with zero attached hydrogens (tertiary/aromatic N) is 1. The van der Waals surface area contributed by atoms with Gasteiger partial charge in [0.05, 0.1) is 11.3 Å². The Morgan fingerprint density at radius 3 is 2.75 bits per heavy atom. The molecule has 1 aliphatic rings. The molecule has 0 amide bonds. The third-order valence-corrected chi connectivity index (χ3v) is 3.49. The predicted molar refractivity (Wildman–Crippen MR) is 57.3 cm³/mol. The van der Waals surface area contributed by atoms with Gasteiger partial charge in [0.15, 0.2) is 0 Å². The summed E-state index contributed by atoms with van der Waals surface area (Å²) in [5, 5.41) is 11.5. The molecule has 2 rings (SSSR count). The lowest BCUT2D eigenvalue weighted by Gasteiger charge is -2.15. The number of benzene rings is 1. The van der Waals surface area contributed by atoms with E-state index >= 15 is 0 Å². The van der Waals surface area contributed by atoms with Gasteiger partial charge in [-0.3, -0.25) is 0 Å². The highest BCUT2D eigenvalue weighted by atomic mass is 32.2. The van der Waals surface area contributed by atoms with Gasteiger partial charge in [0.25, 0.3) is 10.0 Å². The number of fused-ring (bicyclic) bond motifs is 1. The van der Waals surface area contributed by atoms with E-state index in [4.69, 9.17) is 5.11 Å². The van der Waals surface area contributed by atoms with Crippen LogP contribution in [0.4, 0.5) is 5.69 Å². The molecular weight excluding hydrogens is 232 g/mol. The van der Waals surface area contributed by atoms with Crippen molar-refractivity contribution in [2.45, 2.75) is 11.8 Å². The molecule has 1 aliphatic heterocycles. The first kappa shape index (κ1) is 10.6. The van der Waals surface area contributed by atoms with E-state index in [9.17, 15) is 13.2 Å². The topological polar surface area (TPSA) is 95.8 Å². The molecule has 2 N–H and O–H groups in total. The van der Waals surface area contributed by atoms with Crippen LogP contribution in [0.2, 0.25) is 0 Å². The van der Waals surface area contributed by atoms with Crippen molar-refractivity contribution in [1.29, 1.82) is 0 Å². The fourth-order valence-corrected chi connectivity index (χ4v) is 2.60. The monoisotopic (exact) mass is 240 g/mol. The summed E-state index contributed by atoms with van der Waals surface area (Å²) in [6.07, 6.45) is 0. The van der Waals surface area contributed by atoms with Crippen LogP contribution in [-0.4, -0.2) is 25.3 Å². The van der Waals surface area contributed by atoms with Crippen LogP contribution < -0.4 is 5.32 Å². The van der Waals surface area contributed by atoms with E-state index in [1.807, 2.05) is 0 Å². The summed E-state index contributed by atoms with van der Waals surface area (Å²) in [5.74, 6) is -0.917. The number of hydrogen-bond donors (Lipinski definition) is 2. The number of sulfonamides is 1. The molecule has 1 aromatic rings. The largest absolute Gasteiger partial charge is 0.478 e. The van der Waals surface area contributed by atoms with Crippen LogP contribution in [-0.2, 0) is 10.0 Å². The highest BCUT2D eigenvalue weighted by molar-refractivity contribution is 7.90. The van der Waals surface area contributed by atoms with Gasteiger partial charge in [-0.05, 0) is 25.1 Å². The quantitative estimate of drug-likeness (QED) is 0.760. The number of carboxylic acid groups (broad SMARTS) is 1. The molecule has 0 saturated heterocycles. The van der Waals surface area contributed by atoms with E-state index in [1.165, 1.54) is 19.1 Å². The maximum absolute atomic E-state index is 11.6. The van der Waals surface area contributed by atoms with Crippen LogP contribution >= 0.6 is 0 Å². The molecule has 7 heteroatoms. The van der Waals surface area contributed by atoms with Gasteiger partial charge in [-0.15, -0.1) is 4.40 Å². The van der Waals surface area contributed by atoms with E-state index in [2.05, 4.69) is 9.71 Å². The smallest absolute Gasteiger partial charge is 0.335 e. The van der Waals surface area contributed by atoms with Gasteiger partial charge in [0, 0.05) is 0 Å². The fourth-order valence-electron chi connectivity index (χ4n) is 1.42. The van der Waals surface area contributed by atoms with Crippen molar-refractivity contribution < 1.29 is 18.3 Å². The van der Waals surface area contributed by atoms with Crippen molar-refractivity contribution in [3.8, 4) is 0 Å². The van der Waals surface area contributed by atoms with Crippen LogP contribution in [0.25, 0.3) is 0 Å². The highest BCUT2D eigenvalue weighted by Gasteiger charge is 2.24. The zero-order valence-electron chi connectivity index (χ0n) is 8.26. The Morgan fingerprint density at radius 1 is 1.44 bits per heavy atom. The molecule has 1 heterocycles. The first-order valence-electron chi connectivity index (χ1n) is 4.36. The number of carboxylic acids is 1. The minimum absolute atomic E-state index is 0.0844. The minimum Gasteiger partial charge on any atom is -0.478 e. The lowest BCUT2D eigenvalue weighted by Crippen LogP contribution is -2.19. The molecule has 0 unspecified atom stereocenters. The maximum atomic E-state index is 11.6. The Hall–Kier alpha value is -1.89. The van der Waals surface area contributed by atoms with Crippen LogP contribution in [0.15, 0.2) is 27.5 Å². The number of aromatic carboxylic acids is 1. The molecule has 84 valence electrons. The van der Waals surface area contributed by atoms with Gasteiger partial charge in [-0.25, -0.2) is 4.79 Å². The number of carbonyl (C=O) groups is 1. The van der Waals surface area contributed by atoms with Gasteiger partial charge >= 0.3 is 5.97 Å². The molecule has 0 aromatic heterocycles. The number of hydrogen-bond acceptors (Lipinski definition) is 4. The number of amidine groups is 1. The molecule has 0 fully saturated rings. The van der Waals surface area contributed by atoms with Crippen molar-refractivity contribution in [3.63, 3.8) is 0 Å². The van der Waals surface area contributed by atoms with Crippen molar-refractivity contribution in [2.75, 3.05) is 5.32 Å². The second-order valence-electron chi connectivity index (χ2n) is 3.29. The summed E-state index contributed by atoms with van der Waals surface area (Å²) in [4.78, 5) is 10.6. The normalized spacial score (nSPS) is 16.9. The summed E-state index contributed by atoms with van der Waals surface area (Å²) < 4.78 is 26.7. The lowest BCUT2D eigenvalue weighted by molar-refractivity contribution is 0.0696. The van der Waals surface area contributed by atoms with E-state index in [-0.39, 0.29) is 16.3 Å². The summed E-state index contributed by atoms with van der Waals surface area (Å²) in [5.41, 5.74) is 0.261. The van der Waals surface area contributed by atoms with Crippen molar-refractivity contribution >= 4 is 27.5 Å². The summed E-state index contributed by atoms with van der Waals surface area (Å²) >= 11 is 0. The average Bonchev–Trinajstić information content (AvgIpc) is 2.15. The Bertz CT molecular complexity index is 604. The van der Waals surface area contributed by atoms with Gasteiger partial charge in [-0.2, -0.15) is 8.42 Å². The van der Waals surface area contributed by atoms with Crippen molar-refractivity contribution in [1.82, 2.24) is 0 Å². The van der Waals surface area contributed by atoms with E-state index < -0.39 is 16.0 Å². The van der Waals surface area contributed by atoms with Gasteiger partial charge in [-0.1, -0.05) is 0 Å². The van der Waals surface area contributed by atoms with Crippen LogP contribution in [0, 0.1) is 0 Å². The first-order valence-corrected chi connectivity index (χ1v) is 5.80. The summed E-state index contributed by atoms with van der Waals surface area (Å²) in [6, 6.07) is 3.84. The Labute approximate surface area is 91.7 Å². The molecule has 6 nitrogen and oxygen atoms in total. The summed E-state index contributed by atoms with van der Waals surface area (Å²) in [6.45, 7) is 1.52. The molecule has 0 bridgehead atoms. The summed E-state index contributed by atoms with van der Waals surface area (Å²) in [7, 11) is -3.79. The fraction of sp³-hybridized carbons (Fsp3) is 0.111. The molecule has 1 aromatic carbocycles. The van der Waals surface area contributed by atoms with Crippen LogP contribution in [0.5, 0.6) is 0 Å². The van der Waals surface area contributed by atoms with Gasteiger partial charge in [0.2, 0.25) is 0 Å². The van der Waals surface area contributed by atoms with Gasteiger partial charge in [0.1, 0.15) is 10.7 Å². The number of rotatable bonds is 1. The lowest BCUT2D eigenvalue weighted by atomic mass is 10.2. The average molecular weight is 240 g/mol. The molecule has 16 heavy (non-hydrogen) atoms. The van der Waals surface area contributed by atoms with E-state index in [1.54, 1.807) is 0 Å². The molecule has 0 spiro atoms. The standard InChI is InChI=1S/C9H8N2O4S/c1-5-10-7-3-2-6(9(12)13)4-8(7)16(14,15)11-5/h2-4H,1H3,(H,10,11)(H,12,13). The first-order chi connectivity index (χ1) is 7.40. The highest BCUT2D eigenvalue weighted by Crippen LogP contribution is 2.27. The molecule has 0 radical (unpaired) electrons. The molecule has 0 saturated carbocycles. The van der Waals surface area contributed by atoms with Crippen molar-refractivity contribution in [3.05, 3.63) is 23.8 Å². The molecule has 0 aliphatic carbocycles. The predicted octanol–water partition coefficient (Wildman–Crippen LogP) is 0.917. The van der Waals surface area contributed by atoms with Crippen LogP contribution in [0.1, 0.15) is 17.3 Å².